The van der Waals surface area contributed by atoms with Gasteiger partial charge in [-0.2, -0.15) is 0 Å². The van der Waals surface area contributed by atoms with Gasteiger partial charge in [0.25, 0.3) is 0 Å². The average molecular weight is 140 g/mol. The molecule has 0 bridgehead atoms. The van der Waals surface area contributed by atoms with Crippen LogP contribution in [0.1, 0.15) is 27.7 Å². The highest BCUT2D eigenvalue weighted by Crippen LogP contribution is 1.83. The monoisotopic (exact) mass is 140 g/mol. The molecule has 0 aromatic rings. The zero-order valence-corrected chi connectivity index (χ0v) is 7.20. The predicted molar refractivity (Wildman–Crippen MR) is 47.3 cm³/mol. The summed E-state index contributed by atoms with van der Waals surface area (Å²) in [4.78, 5) is 8.24. The minimum atomic E-state index is 0.374. The largest absolute Gasteiger partial charge is 0.289 e. The maximum absolute atomic E-state index is 4.12. The molecular weight excluding hydrogens is 124 g/mol. The van der Waals surface area contributed by atoms with Crippen molar-refractivity contribution in [3.63, 3.8) is 0 Å². The van der Waals surface area contributed by atoms with E-state index in [0.717, 1.165) is 0 Å². The van der Waals surface area contributed by atoms with Crippen LogP contribution in [0.3, 0.4) is 0 Å². The summed E-state index contributed by atoms with van der Waals surface area (Å²) in [5, 5.41) is 0. The summed E-state index contributed by atoms with van der Waals surface area (Å²) < 4.78 is 0. The molecule has 10 heavy (non-hydrogen) atoms. The Morgan fingerprint density at radius 1 is 0.800 bits per heavy atom. The zero-order chi connectivity index (χ0) is 7.98. The molecule has 0 N–H and O–H groups in total. The molecule has 0 radical (unpaired) electrons. The lowest BCUT2D eigenvalue weighted by Crippen LogP contribution is -1.92. The van der Waals surface area contributed by atoms with E-state index in [-0.39, 0.29) is 0 Å². The second-order valence-corrected chi connectivity index (χ2v) is 2.78. The Morgan fingerprint density at radius 3 is 1.30 bits per heavy atom. The molecule has 0 amide bonds. The Kier molecular flexibility index (Phi) is 4.81. The fourth-order valence-electron chi connectivity index (χ4n) is 0.421. The fourth-order valence-corrected chi connectivity index (χ4v) is 0.421. The number of rotatable bonds is 3. The molecule has 0 aliphatic carbocycles. The van der Waals surface area contributed by atoms with Gasteiger partial charge in [0, 0.05) is 24.5 Å². The number of hydrogen-bond donors (Lipinski definition) is 0. The molecule has 0 atom stereocenters. The Labute approximate surface area is 63.1 Å². The van der Waals surface area contributed by atoms with Gasteiger partial charge in [0.05, 0.1) is 0 Å². The van der Waals surface area contributed by atoms with Crippen molar-refractivity contribution in [2.75, 3.05) is 0 Å². The van der Waals surface area contributed by atoms with Crippen molar-refractivity contribution < 1.29 is 0 Å². The van der Waals surface area contributed by atoms with E-state index in [9.17, 15) is 0 Å². The molecule has 0 spiro atoms. The molecule has 2 heteroatoms. The van der Waals surface area contributed by atoms with E-state index in [1.165, 1.54) is 0 Å². The van der Waals surface area contributed by atoms with Crippen LogP contribution in [-0.4, -0.2) is 24.5 Å². The third-order valence-corrected chi connectivity index (χ3v) is 0.835. The van der Waals surface area contributed by atoms with Crippen molar-refractivity contribution in [3.05, 3.63) is 0 Å². The van der Waals surface area contributed by atoms with Gasteiger partial charge in [-0.1, -0.05) is 0 Å². The van der Waals surface area contributed by atoms with Crippen molar-refractivity contribution in [1.82, 2.24) is 0 Å². The molecule has 0 rings (SSSR count). The van der Waals surface area contributed by atoms with E-state index in [0.29, 0.717) is 12.1 Å². The van der Waals surface area contributed by atoms with E-state index in [1.54, 1.807) is 12.4 Å². The maximum atomic E-state index is 4.12. The van der Waals surface area contributed by atoms with E-state index in [1.807, 2.05) is 27.7 Å². The normalized spacial score (nSPS) is 13.0. The smallest absolute Gasteiger partial charge is 0.0443 e. The summed E-state index contributed by atoms with van der Waals surface area (Å²) in [5.41, 5.74) is 0. The van der Waals surface area contributed by atoms with E-state index >= 15 is 0 Å². The predicted octanol–water partition coefficient (Wildman–Crippen LogP) is 1.94. The Hall–Kier alpha value is -0.660. The second kappa shape index (κ2) is 5.15. The third-order valence-electron chi connectivity index (χ3n) is 0.835. The van der Waals surface area contributed by atoms with Crippen LogP contribution in [0.15, 0.2) is 9.98 Å². The van der Waals surface area contributed by atoms with Crippen LogP contribution < -0.4 is 0 Å². The summed E-state index contributed by atoms with van der Waals surface area (Å²) in [6.07, 6.45) is 3.51. The molecule has 0 aliphatic heterocycles. The van der Waals surface area contributed by atoms with Crippen molar-refractivity contribution in [2.45, 2.75) is 39.8 Å². The zero-order valence-electron chi connectivity index (χ0n) is 7.20. The van der Waals surface area contributed by atoms with Crippen LogP contribution in [0.5, 0.6) is 0 Å². The number of hydrogen-bond acceptors (Lipinski definition) is 2. The van der Waals surface area contributed by atoms with Gasteiger partial charge in [-0.25, -0.2) is 0 Å². The van der Waals surface area contributed by atoms with Crippen molar-refractivity contribution in [3.8, 4) is 0 Å². The van der Waals surface area contributed by atoms with Crippen molar-refractivity contribution in [1.29, 1.82) is 0 Å². The Balaban J connectivity index is 3.52. The molecule has 58 valence electrons. The molecule has 2 nitrogen and oxygen atoms in total. The summed E-state index contributed by atoms with van der Waals surface area (Å²) in [6, 6.07) is 0.747. The lowest BCUT2D eigenvalue weighted by Gasteiger charge is -1.92. The molecule has 0 fully saturated rings. The first kappa shape index (κ1) is 9.34. The molecule has 0 saturated heterocycles. The van der Waals surface area contributed by atoms with E-state index < -0.39 is 0 Å². The molecule has 0 aromatic heterocycles. The highest BCUT2D eigenvalue weighted by molar-refractivity contribution is 6.16. The number of aliphatic imine (C=N–C) groups is 2. The van der Waals surface area contributed by atoms with Crippen molar-refractivity contribution in [2.24, 2.45) is 9.98 Å². The van der Waals surface area contributed by atoms with Crippen LogP contribution in [0.2, 0.25) is 0 Å². The quantitative estimate of drug-likeness (QED) is 0.535. The van der Waals surface area contributed by atoms with Gasteiger partial charge in [-0.15, -0.1) is 0 Å². The third kappa shape index (κ3) is 7.34. The SMILES string of the molecule is CC(C)/N=C\C=N/C(C)C. The summed E-state index contributed by atoms with van der Waals surface area (Å²) in [5.74, 6) is 0. The van der Waals surface area contributed by atoms with Crippen LogP contribution in [-0.2, 0) is 0 Å². The summed E-state index contributed by atoms with van der Waals surface area (Å²) in [7, 11) is 0. The standard InChI is InChI=1S/C8H16N2/c1-7(2)9-5-6-10-8(3)4/h5-8H,1-4H3/b9-5-,10-6-. The molecule has 0 saturated carbocycles. The lowest BCUT2D eigenvalue weighted by atomic mass is 10.4. The van der Waals surface area contributed by atoms with Gasteiger partial charge in [0.2, 0.25) is 0 Å². The van der Waals surface area contributed by atoms with Crippen LogP contribution in [0.4, 0.5) is 0 Å². The topological polar surface area (TPSA) is 24.7 Å². The first-order chi connectivity index (χ1) is 4.63. The molecule has 0 aromatic carbocycles. The maximum Gasteiger partial charge on any atom is 0.0443 e. The Morgan fingerprint density at radius 2 is 1.10 bits per heavy atom. The average Bonchev–Trinajstić information content (AvgIpc) is 1.79. The van der Waals surface area contributed by atoms with Crippen LogP contribution in [0, 0.1) is 0 Å². The first-order valence-corrected chi connectivity index (χ1v) is 3.68. The van der Waals surface area contributed by atoms with Gasteiger partial charge in [-0.05, 0) is 27.7 Å². The minimum Gasteiger partial charge on any atom is -0.289 e. The molecule has 0 aliphatic rings. The summed E-state index contributed by atoms with van der Waals surface area (Å²) >= 11 is 0. The van der Waals surface area contributed by atoms with Crippen LogP contribution >= 0.6 is 0 Å². The summed E-state index contributed by atoms with van der Waals surface area (Å²) in [6.45, 7) is 8.17. The van der Waals surface area contributed by atoms with Gasteiger partial charge in [0.1, 0.15) is 0 Å². The minimum absolute atomic E-state index is 0.374. The molecule has 0 unspecified atom stereocenters. The van der Waals surface area contributed by atoms with Gasteiger partial charge in [-0.3, -0.25) is 9.98 Å². The molecule has 0 heterocycles. The molecular formula is C8H16N2. The van der Waals surface area contributed by atoms with Gasteiger partial charge >= 0.3 is 0 Å². The first-order valence-electron chi connectivity index (χ1n) is 3.68. The van der Waals surface area contributed by atoms with E-state index in [4.69, 9.17) is 0 Å². The lowest BCUT2D eigenvalue weighted by molar-refractivity contribution is 0.836. The van der Waals surface area contributed by atoms with Gasteiger partial charge < -0.3 is 0 Å². The highest BCUT2D eigenvalue weighted by Gasteiger charge is 1.82. The van der Waals surface area contributed by atoms with E-state index in [2.05, 4.69) is 9.98 Å². The number of nitrogens with zero attached hydrogens (tertiary/aromatic N) is 2. The Bertz CT molecular complexity index is 107. The highest BCUT2D eigenvalue weighted by atomic mass is 14.8. The second-order valence-electron chi connectivity index (χ2n) is 2.78. The van der Waals surface area contributed by atoms with Crippen LogP contribution in [0.25, 0.3) is 0 Å². The fraction of sp³-hybridized carbons (Fsp3) is 0.750. The van der Waals surface area contributed by atoms with Crippen molar-refractivity contribution >= 4 is 12.4 Å². The van der Waals surface area contributed by atoms with Gasteiger partial charge in [0.15, 0.2) is 0 Å².